The summed E-state index contributed by atoms with van der Waals surface area (Å²) in [6.45, 7) is 1.95. The number of aromatic nitrogens is 1. The summed E-state index contributed by atoms with van der Waals surface area (Å²) in [4.78, 5) is 4.74. The van der Waals surface area contributed by atoms with Crippen molar-refractivity contribution in [3.8, 4) is 0 Å². The summed E-state index contributed by atoms with van der Waals surface area (Å²) in [6.07, 6.45) is 1.37. The van der Waals surface area contributed by atoms with Crippen molar-refractivity contribution in [3.63, 3.8) is 0 Å². The van der Waals surface area contributed by atoms with E-state index in [1.165, 1.54) is 32.9 Å². The Balaban J connectivity index is 1.32. The Morgan fingerprint density at radius 3 is 2.06 bits per heavy atom. The second-order valence-corrected chi connectivity index (χ2v) is 13.1. The lowest BCUT2D eigenvalue weighted by Gasteiger charge is -2.30. The number of hydrogen-bond acceptors (Lipinski definition) is 7. The highest BCUT2D eigenvalue weighted by molar-refractivity contribution is 7.90. The number of morpholine rings is 1. The van der Waals surface area contributed by atoms with Crippen molar-refractivity contribution in [2.75, 3.05) is 39.4 Å². The van der Waals surface area contributed by atoms with Gasteiger partial charge in [-0.15, -0.1) is 11.3 Å². The van der Waals surface area contributed by atoms with E-state index < -0.39 is 20.0 Å². The Morgan fingerprint density at radius 2 is 1.42 bits per heavy atom. The first-order valence-electron chi connectivity index (χ1n) is 10.9. The van der Waals surface area contributed by atoms with Gasteiger partial charge in [-0.2, -0.15) is 8.61 Å². The fraction of sp³-hybridized carbons (Fsp3) is 0.409. The van der Waals surface area contributed by atoms with Gasteiger partial charge in [0, 0.05) is 32.1 Å². The number of benzene rings is 2. The molecule has 0 N–H and O–H groups in total. The van der Waals surface area contributed by atoms with Gasteiger partial charge in [-0.25, -0.2) is 21.8 Å². The van der Waals surface area contributed by atoms with E-state index in [4.69, 9.17) is 9.72 Å². The van der Waals surface area contributed by atoms with Gasteiger partial charge in [-0.05, 0) is 43.2 Å². The molecule has 2 aliphatic heterocycles. The Bertz CT molecular complexity index is 1320. The molecule has 5 rings (SSSR count). The van der Waals surface area contributed by atoms with Crippen molar-refractivity contribution in [2.24, 2.45) is 0 Å². The lowest BCUT2D eigenvalue weighted by molar-refractivity contribution is 0.0730. The number of nitrogens with zero attached hydrogens (tertiary/aromatic N) is 3. The predicted molar refractivity (Wildman–Crippen MR) is 126 cm³/mol. The maximum atomic E-state index is 13.3. The molecule has 0 spiro atoms. The molecule has 2 aromatic carbocycles. The fourth-order valence-corrected chi connectivity index (χ4v) is 8.47. The highest BCUT2D eigenvalue weighted by Crippen LogP contribution is 2.35. The summed E-state index contributed by atoms with van der Waals surface area (Å²) in [6, 6.07) is 13.7. The lowest BCUT2D eigenvalue weighted by Crippen LogP contribution is -2.40. The van der Waals surface area contributed by atoms with E-state index in [0.717, 1.165) is 15.2 Å². The number of hydrogen-bond donors (Lipinski definition) is 0. The topological polar surface area (TPSA) is 96.9 Å². The molecule has 1 aromatic heterocycles. The van der Waals surface area contributed by atoms with E-state index in [2.05, 4.69) is 0 Å². The van der Waals surface area contributed by atoms with Crippen LogP contribution in [-0.2, 0) is 24.8 Å². The summed E-state index contributed by atoms with van der Waals surface area (Å²) in [5, 5.41) is 1.05. The molecule has 0 aliphatic carbocycles. The molecule has 0 atom stereocenters. The SMILES string of the molecule is O=S(=O)(c1cccc(S(=O)(=O)N2CCC(c3nc4ccccc4s3)CC2)c1)N1CCOCC1. The maximum absolute atomic E-state index is 13.3. The summed E-state index contributed by atoms with van der Waals surface area (Å²) < 4.78 is 61.7. The van der Waals surface area contributed by atoms with Gasteiger partial charge in [0.1, 0.15) is 0 Å². The highest BCUT2D eigenvalue weighted by atomic mass is 32.2. The van der Waals surface area contributed by atoms with Gasteiger partial charge in [-0.1, -0.05) is 18.2 Å². The molecule has 0 amide bonds. The van der Waals surface area contributed by atoms with E-state index >= 15 is 0 Å². The smallest absolute Gasteiger partial charge is 0.243 e. The van der Waals surface area contributed by atoms with Crippen molar-refractivity contribution in [3.05, 3.63) is 53.5 Å². The van der Waals surface area contributed by atoms with Crippen molar-refractivity contribution in [1.82, 2.24) is 13.6 Å². The third-order valence-electron chi connectivity index (χ3n) is 6.16. The van der Waals surface area contributed by atoms with E-state index in [1.54, 1.807) is 11.3 Å². The number of fused-ring (bicyclic) bond motifs is 1. The molecule has 8 nitrogen and oxygen atoms in total. The van der Waals surface area contributed by atoms with Crippen molar-refractivity contribution >= 4 is 41.6 Å². The van der Waals surface area contributed by atoms with E-state index in [9.17, 15) is 16.8 Å². The second kappa shape index (κ2) is 9.05. The van der Waals surface area contributed by atoms with Crippen LogP contribution in [0.1, 0.15) is 23.8 Å². The molecule has 0 saturated carbocycles. The predicted octanol–water partition coefficient (Wildman–Crippen LogP) is 2.89. The minimum atomic E-state index is -3.80. The first-order chi connectivity index (χ1) is 15.9. The zero-order valence-corrected chi connectivity index (χ0v) is 20.4. The number of sulfonamides is 2. The Kier molecular flexibility index (Phi) is 6.27. The Morgan fingerprint density at radius 1 is 0.818 bits per heavy atom. The van der Waals surface area contributed by atoms with Gasteiger partial charge in [-0.3, -0.25) is 0 Å². The molecule has 2 fully saturated rings. The highest BCUT2D eigenvalue weighted by Gasteiger charge is 2.33. The molecule has 3 aromatic rings. The van der Waals surface area contributed by atoms with Crippen molar-refractivity contribution in [1.29, 1.82) is 0 Å². The largest absolute Gasteiger partial charge is 0.379 e. The van der Waals surface area contributed by atoms with Gasteiger partial charge < -0.3 is 4.74 Å². The Hall–Kier alpha value is -1.89. The number of ether oxygens (including phenoxy) is 1. The monoisotopic (exact) mass is 507 g/mol. The normalized spacial score (nSPS) is 19.8. The molecular weight excluding hydrogens is 482 g/mol. The van der Waals surface area contributed by atoms with Crippen LogP contribution in [0.3, 0.4) is 0 Å². The van der Waals surface area contributed by atoms with Gasteiger partial charge >= 0.3 is 0 Å². The van der Waals surface area contributed by atoms with Crippen LogP contribution in [0.5, 0.6) is 0 Å². The van der Waals surface area contributed by atoms with E-state index in [-0.39, 0.29) is 28.8 Å². The van der Waals surface area contributed by atoms with Crippen LogP contribution in [0.25, 0.3) is 10.2 Å². The van der Waals surface area contributed by atoms with Gasteiger partial charge in [0.05, 0.1) is 38.2 Å². The van der Waals surface area contributed by atoms with E-state index in [0.29, 0.717) is 39.1 Å². The summed E-state index contributed by atoms with van der Waals surface area (Å²) >= 11 is 1.67. The number of rotatable bonds is 5. The fourth-order valence-electron chi connectivity index (χ4n) is 4.29. The standard InChI is InChI=1S/C22H25N3O5S3/c26-32(27,18-4-3-5-19(16-18)33(28,29)25-12-14-30-15-13-25)24-10-8-17(9-11-24)22-23-20-6-1-2-7-21(20)31-22/h1-7,16-17H,8-15H2. The maximum Gasteiger partial charge on any atom is 0.243 e. The average molecular weight is 508 g/mol. The second-order valence-electron chi connectivity index (χ2n) is 8.19. The molecular formula is C22H25N3O5S3. The average Bonchev–Trinajstić information content (AvgIpc) is 3.29. The number of thiazole rings is 1. The molecule has 2 aliphatic rings. The minimum Gasteiger partial charge on any atom is -0.379 e. The third-order valence-corrected chi connectivity index (χ3v) is 11.2. The lowest BCUT2D eigenvalue weighted by atomic mass is 9.99. The third kappa shape index (κ3) is 4.45. The molecule has 2 saturated heterocycles. The van der Waals surface area contributed by atoms with Crippen molar-refractivity contribution < 1.29 is 21.6 Å². The summed E-state index contributed by atoms with van der Waals surface area (Å²) in [5.41, 5.74) is 0.978. The zero-order valence-electron chi connectivity index (χ0n) is 18.0. The van der Waals surface area contributed by atoms with Gasteiger partial charge in [0.25, 0.3) is 0 Å². The first-order valence-corrected chi connectivity index (χ1v) is 14.6. The van der Waals surface area contributed by atoms with Crippen LogP contribution < -0.4 is 0 Å². The molecule has 3 heterocycles. The number of para-hydroxylation sites is 1. The molecule has 11 heteroatoms. The van der Waals surface area contributed by atoms with E-state index in [1.807, 2.05) is 24.3 Å². The molecule has 0 bridgehead atoms. The summed E-state index contributed by atoms with van der Waals surface area (Å²) in [5.74, 6) is 0.224. The molecule has 0 radical (unpaired) electrons. The molecule has 0 unspecified atom stereocenters. The molecule has 176 valence electrons. The van der Waals surface area contributed by atoms with Gasteiger partial charge in [0.2, 0.25) is 20.0 Å². The van der Waals surface area contributed by atoms with Crippen LogP contribution >= 0.6 is 11.3 Å². The van der Waals surface area contributed by atoms with Crippen LogP contribution in [0.2, 0.25) is 0 Å². The van der Waals surface area contributed by atoms with Crippen LogP contribution in [0.15, 0.2) is 58.3 Å². The Labute approximate surface area is 197 Å². The first kappa shape index (κ1) is 22.9. The molecule has 33 heavy (non-hydrogen) atoms. The zero-order chi connectivity index (χ0) is 23.1. The van der Waals surface area contributed by atoms with Crippen LogP contribution in [0.4, 0.5) is 0 Å². The number of piperidine rings is 1. The minimum absolute atomic E-state index is 0.00478. The van der Waals surface area contributed by atoms with Crippen LogP contribution in [0, 0.1) is 0 Å². The van der Waals surface area contributed by atoms with Gasteiger partial charge in [0.15, 0.2) is 0 Å². The quantitative estimate of drug-likeness (QED) is 0.527. The summed E-state index contributed by atoms with van der Waals surface area (Å²) in [7, 11) is -7.57. The van der Waals surface area contributed by atoms with Crippen molar-refractivity contribution in [2.45, 2.75) is 28.6 Å². The van der Waals surface area contributed by atoms with Crippen LogP contribution in [-0.4, -0.2) is 69.8 Å².